The fourth-order valence-electron chi connectivity index (χ4n) is 3.56. The predicted octanol–water partition coefficient (Wildman–Crippen LogP) is 3.79. The summed E-state index contributed by atoms with van der Waals surface area (Å²) in [4.78, 5) is 2.47. The van der Waals surface area contributed by atoms with Crippen molar-refractivity contribution in [1.29, 1.82) is 0 Å². The van der Waals surface area contributed by atoms with Crippen LogP contribution in [0.15, 0.2) is 54.6 Å². The van der Waals surface area contributed by atoms with E-state index in [1.165, 1.54) is 23.1 Å². The molecule has 2 aromatic carbocycles. The van der Waals surface area contributed by atoms with E-state index in [2.05, 4.69) is 78.8 Å². The van der Waals surface area contributed by atoms with Crippen molar-refractivity contribution in [3.05, 3.63) is 60.2 Å². The van der Waals surface area contributed by atoms with Crippen molar-refractivity contribution in [2.75, 3.05) is 26.7 Å². The van der Waals surface area contributed by atoms with Crippen LogP contribution in [0.5, 0.6) is 0 Å². The fourth-order valence-corrected chi connectivity index (χ4v) is 3.56. The van der Waals surface area contributed by atoms with E-state index in [1.807, 2.05) is 0 Å². The molecular weight excluding hydrogens is 268 g/mol. The van der Waals surface area contributed by atoms with Crippen LogP contribution in [0, 0.1) is 5.41 Å². The van der Waals surface area contributed by atoms with Crippen molar-refractivity contribution >= 4 is 0 Å². The van der Waals surface area contributed by atoms with Crippen LogP contribution in [0.25, 0.3) is 11.1 Å². The molecule has 116 valence electrons. The Bertz CT molecular complexity index is 600. The van der Waals surface area contributed by atoms with Gasteiger partial charge in [-0.05, 0) is 42.1 Å². The second-order valence-electron chi connectivity index (χ2n) is 6.93. The lowest BCUT2D eigenvalue weighted by molar-refractivity contribution is 0.203. The average Bonchev–Trinajstić information content (AvgIpc) is 2.94. The minimum atomic E-state index is 0.413. The molecular formula is C20H26N2. The Morgan fingerprint density at radius 1 is 1.05 bits per heavy atom. The summed E-state index contributed by atoms with van der Waals surface area (Å²) in [7, 11) is 2.24. The zero-order chi connectivity index (χ0) is 15.4. The first kappa shape index (κ1) is 15.3. The number of hydrogen-bond acceptors (Lipinski definition) is 2. The van der Waals surface area contributed by atoms with Gasteiger partial charge in [-0.1, -0.05) is 61.5 Å². The molecule has 2 heteroatoms. The Hall–Kier alpha value is -1.64. The van der Waals surface area contributed by atoms with Gasteiger partial charge in [0.25, 0.3) is 0 Å². The fraction of sp³-hybridized carbons (Fsp3) is 0.400. The molecule has 0 saturated carbocycles. The maximum Gasteiger partial charge on any atom is 0.0237 e. The molecule has 0 amide bonds. The molecule has 3 rings (SSSR count). The molecule has 1 unspecified atom stereocenters. The van der Waals surface area contributed by atoms with Crippen LogP contribution in [0.4, 0.5) is 0 Å². The van der Waals surface area contributed by atoms with E-state index in [0.717, 1.165) is 26.2 Å². The molecule has 2 aromatic rings. The molecule has 0 aliphatic carbocycles. The second-order valence-corrected chi connectivity index (χ2v) is 6.93. The zero-order valence-corrected chi connectivity index (χ0v) is 13.7. The summed E-state index contributed by atoms with van der Waals surface area (Å²) in [5.41, 5.74) is 4.48. The third-order valence-electron chi connectivity index (χ3n) is 4.65. The molecule has 2 nitrogen and oxygen atoms in total. The Kier molecular flexibility index (Phi) is 4.60. The van der Waals surface area contributed by atoms with Crippen LogP contribution >= 0.6 is 0 Å². The molecule has 1 aliphatic heterocycles. The maximum absolute atomic E-state index is 3.49. The molecule has 0 spiro atoms. The Labute approximate surface area is 134 Å². The van der Waals surface area contributed by atoms with Gasteiger partial charge in [-0.3, -0.25) is 0 Å². The van der Waals surface area contributed by atoms with Crippen LogP contribution in [-0.4, -0.2) is 31.6 Å². The minimum Gasteiger partial charge on any atom is -0.316 e. The number of rotatable bonds is 5. The number of nitrogens with one attached hydrogen (secondary N) is 1. The van der Waals surface area contributed by atoms with Crippen molar-refractivity contribution in [3.8, 4) is 11.1 Å². The lowest BCUT2D eigenvalue weighted by Gasteiger charge is -2.29. The van der Waals surface area contributed by atoms with Gasteiger partial charge in [0.1, 0.15) is 0 Å². The van der Waals surface area contributed by atoms with E-state index in [1.54, 1.807) is 0 Å². The SMILES string of the molecule is CN(Cc1ccccc1-c1ccccc1)CC1(C)CCNC1. The van der Waals surface area contributed by atoms with Crippen LogP contribution in [-0.2, 0) is 6.54 Å². The monoisotopic (exact) mass is 294 g/mol. The smallest absolute Gasteiger partial charge is 0.0237 e. The summed E-state index contributed by atoms with van der Waals surface area (Å²) < 4.78 is 0. The van der Waals surface area contributed by atoms with E-state index in [4.69, 9.17) is 0 Å². The standard InChI is InChI=1S/C20H26N2/c1-20(12-13-21-15-20)16-22(2)14-18-10-6-7-11-19(18)17-8-4-3-5-9-17/h3-11,21H,12-16H2,1-2H3. The van der Waals surface area contributed by atoms with Gasteiger partial charge in [-0.25, -0.2) is 0 Å². The lowest BCUT2D eigenvalue weighted by atomic mass is 9.89. The van der Waals surface area contributed by atoms with E-state index in [9.17, 15) is 0 Å². The number of benzene rings is 2. The van der Waals surface area contributed by atoms with Gasteiger partial charge >= 0.3 is 0 Å². The molecule has 0 radical (unpaired) electrons. The summed E-state index contributed by atoms with van der Waals surface area (Å²) in [6.07, 6.45) is 1.28. The van der Waals surface area contributed by atoms with Crippen molar-refractivity contribution in [1.82, 2.24) is 10.2 Å². The zero-order valence-electron chi connectivity index (χ0n) is 13.7. The topological polar surface area (TPSA) is 15.3 Å². The summed E-state index contributed by atoms with van der Waals surface area (Å²) in [6.45, 7) is 6.83. The van der Waals surface area contributed by atoms with Gasteiger partial charge in [-0.2, -0.15) is 0 Å². The van der Waals surface area contributed by atoms with Gasteiger partial charge < -0.3 is 10.2 Å². The number of hydrogen-bond donors (Lipinski definition) is 1. The highest BCUT2D eigenvalue weighted by Crippen LogP contribution is 2.28. The number of nitrogens with zero attached hydrogens (tertiary/aromatic N) is 1. The third kappa shape index (κ3) is 3.57. The molecule has 1 fully saturated rings. The first-order valence-electron chi connectivity index (χ1n) is 8.19. The molecule has 0 aromatic heterocycles. The van der Waals surface area contributed by atoms with Crippen LogP contribution < -0.4 is 5.32 Å². The highest BCUT2D eigenvalue weighted by molar-refractivity contribution is 5.67. The van der Waals surface area contributed by atoms with E-state index in [-0.39, 0.29) is 0 Å². The van der Waals surface area contributed by atoms with Crippen LogP contribution in [0.1, 0.15) is 18.9 Å². The van der Waals surface area contributed by atoms with E-state index < -0.39 is 0 Å². The van der Waals surface area contributed by atoms with Crippen LogP contribution in [0.3, 0.4) is 0 Å². The third-order valence-corrected chi connectivity index (χ3v) is 4.65. The summed E-state index contributed by atoms with van der Waals surface area (Å²) in [5, 5.41) is 3.49. The predicted molar refractivity (Wildman–Crippen MR) is 93.8 cm³/mol. The molecule has 1 N–H and O–H groups in total. The first-order valence-corrected chi connectivity index (χ1v) is 8.19. The van der Waals surface area contributed by atoms with Crippen molar-refractivity contribution in [2.45, 2.75) is 19.9 Å². The maximum atomic E-state index is 3.49. The molecule has 1 saturated heterocycles. The van der Waals surface area contributed by atoms with Gasteiger partial charge in [0.2, 0.25) is 0 Å². The Morgan fingerprint density at radius 2 is 1.77 bits per heavy atom. The molecule has 1 atom stereocenters. The minimum absolute atomic E-state index is 0.413. The molecule has 0 bridgehead atoms. The normalized spacial score (nSPS) is 21.4. The second kappa shape index (κ2) is 6.64. The lowest BCUT2D eigenvalue weighted by Crippen LogP contribution is -2.34. The van der Waals surface area contributed by atoms with Crippen LogP contribution in [0.2, 0.25) is 0 Å². The average molecular weight is 294 g/mol. The highest BCUT2D eigenvalue weighted by atomic mass is 15.1. The molecule has 1 heterocycles. The quantitative estimate of drug-likeness (QED) is 0.902. The highest BCUT2D eigenvalue weighted by Gasteiger charge is 2.29. The van der Waals surface area contributed by atoms with Gasteiger partial charge in [-0.15, -0.1) is 0 Å². The van der Waals surface area contributed by atoms with Gasteiger partial charge in [0, 0.05) is 19.6 Å². The first-order chi connectivity index (χ1) is 10.7. The summed E-state index contributed by atoms with van der Waals surface area (Å²) in [6, 6.07) is 19.5. The molecule has 22 heavy (non-hydrogen) atoms. The van der Waals surface area contributed by atoms with Gasteiger partial charge in [0.15, 0.2) is 0 Å². The Morgan fingerprint density at radius 3 is 2.50 bits per heavy atom. The summed E-state index contributed by atoms with van der Waals surface area (Å²) >= 11 is 0. The molecule has 1 aliphatic rings. The van der Waals surface area contributed by atoms with Crippen molar-refractivity contribution in [2.24, 2.45) is 5.41 Å². The van der Waals surface area contributed by atoms with E-state index in [0.29, 0.717) is 5.41 Å². The summed E-state index contributed by atoms with van der Waals surface area (Å²) in [5.74, 6) is 0. The van der Waals surface area contributed by atoms with Crippen molar-refractivity contribution in [3.63, 3.8) is 0 Å². The largest absolute Gasteiger partial charge is 0.316 e. The Balaban J connectivity index is 1.75. The van der Waals surface area contributed by atoms with Crippen molar-refractivity contribution < 1.29 is 0 Å². The van der Waals surface area contributed by atoms with Gasteiger partial charge in [0.05, 0.1) is 0 Å². The van der Waals surface area contributed by atoms with E-state index >= 15 is 0 Å².